The zero-order valence-corrected chi connectivity index (χ0v) is 8.73. The molecule has 0 amide bonds. The molecule has 0 aliphatic heterocycles. The molecule has 1 N–H and O–H groups in total. The first kappa shape index (κ1) is 8.83. The minimum absolute atomic E-state index is 0.0412. The highest BCUT2D eigenvalue weighted by molar-refractivity contribution is 6.21. The van der Waals surface area contributed by atoms with Gasteiger partial charge >= 0.3 is 0 Å². The Bertz CT molecular complexity index is 210. The fourth-order valence-corrected chi connectivity index (χ4v) is 3.06. The van der Waals surface area contributed by atoms with Crippen LogP contribution in [0, 0.1) is 17.3 Å². The third-order valence-corrected chi connectivity index (χ3v) is 4.71. The third kappa shape index (κ3) is 1.03. The van der Waals surface area contributed by atoms with Gasteiger partial charge < -0.3 is 5.11 Å². The van der Waals surface area contributed by atoms with Gasteiger partial charge in [-0.15, -0.1) is 11.6 Å². The lowest BCUT2D eigenvalue weighted by Crippen LogP contribution is -2.39. The maximum atomic E-state index is 9.94. The van der Waals surface area contributed by atoms with Gasteiger partial charge in [-0.1, -0.05) is 13.8 Å². The summed E-state index contributed by atoms with van der Waals surface area (Å²) in [6, 6.07) is 0. The molecule has 2 heteroatoms. The molecular weight excluding hydrogens is 172 g/mol. The Hall–Kier alpha value is 0.250. The van der Waals surface area contributed by atoms with Gasteiger partial charge in [-0.25, -0.2) is 0 Å². The summed E-state index contributed by atoms with van der Waals surface area (Å²) in [5.41, 5.74) is -0.190. The van der Waals surface area contributed by atoms with Crippen LogP contribution in [0.3, 0.4) is 0 Å². The average molecular weight is 189 g/mol. The number of rotatable bonds is 0. The van der Waals surface area contributed by atoms with Crippen molar-refractivity contribution in [3.8, 4) is 0 Å². The molecule has 0 heterocycles. The molecule has 2 rings (SSSR count). The Balaban J connectivity index is 2.14. The molecule has 0 radical (unpaired) electrons. The number of hydrogen-bond donors (Lipinski definition) is 1. The molecule has 12 heavy (non-hydrogen) atoms. The largest absolute Gasteiger partial charge is 0.389 e. The molecule has 2 fully saturated rings. The van der Waals surface area contributed by atoms with Crippen molar-refractivity contribution in [1.29, 1.82) is 0 Å². The highest BCUT2D eigenvalue weighted by Crippen LogP contribution is 2.66. The lowest BCUT2D eigenvalue weighted by Gasteiger charge is -2.32. The van der Waals surface area contributed by atoms with Gasteiger partial charge in [-0.05, 0) is 37.0 Å². The van der Waals surface area contributed by atoms with Crippen LogP contribution in [0.25, 0.3) is 0 Å². The molecule has 0 saturated heterocycles. The number of aliphatic hydroxyl groups is 1. The monoisotopic (exact) mass is 188 g/mol. The van der Waals surface area contributed by atoms with E-state index in [4.69, 9.17) is 11.6 Å². The van der Waals surface area contributed by atoms with Gasteiger partial charge in [0.25, 0.3) is 0 Å². The molecule has 2 saturated carbocycles. The standard InChI is InChI=1S/C10H17ClO/c1-9(2)6-4-8(11)10(3,12)5-7(6)9/h6-8,12H,4-5H2,1-3H3/t6?,7?,8-,10-/m1/s1. The summed E-state index contributed by atoms with van der Waals surface area (Å²) in [7, 11) is 0. The second-order valence-corrected chi connectivity index (χ2v) is 5.83. The summed E-state index contributed by atoms with van der Waals surface area (Å²) in [6.45, 7) is 6.44. The number of alkyl halides is 1. The quantitative estimate of drug-likeness (QED) is 0.579. The van der Waals surface area contributed by atoms with E-state index in [1.807, 2.05) is 6.92 Å². The van der Waals surface area contributed by atoms with Crippen molar-refractivity contribution >= 4 is 11.6 Å². The maximum absolute atomic E-state index is 9.94. The fraction of sp³-hybridized carbons (Fsp3) is 1.00. The first-order chi connectivity index (χ1) is 5.36. The number of hydrogen-bond acceptors (Lipinski definition) is 1. The topological polar surface area (TPSA) is 20.2 Å². The van der Waals surface area contributed by atoms with E-state index in [0.717, 1.165) is 18.8 Å². The summed E-state index contributed by atoms with van der Waals surface area (Å²) >= 11 is 6.11. The molecule has 2 aliphatic rings. The summed E-state index contributed by atoms with van der Waals surface area (Å²) in [5, 5.41) is 9.90. The predicted octanol–water partition coefficient (Wildman–Crippen LogP) is 2.41. The van der Waals surface area contributed by atoms with Crippen molar-refractivity contribution in [2.24, 2.45) is 17.3 Å². The average Bonchev–Trinajstić information content (AvgIpc) is 2.37. The number of fused-ring (bicyclic) bond motifs is 1. The van der Waals surface area contributed by atoms with Crippen LogP contribution in [-0.2, 0) is 0 Å². The molecule has 4 atom stereocenters. The zero-order chi connectivity index (χ0) is 9.15. The second-order valence-electron chi connectivity index (χ2n) is 5.30. The van der Waals surface area contributed by atoms with Crippen molar-refractivity contribution in [3.63, 3.8) is 0 Å². The Labute approximate surface area is 79.1 Å². The molecule has 1 nitrogen and oxygen atoms in total. The van der Waals surface area contributed by atoms with E-state index in [9.17, 15) is 5.11 Å². The minimum Gasteiger partial charge on any atom is -0.389 e. The van der Waals surface area contributed by atoms with Crippen LogP contribution in [0.1, 0.15) is 33.6 Å². The van der Waals surface area contributed by atoms with E-state index in [-0.39, 0.29) is 5.38 Å². The fourth-order valence-electron chi connectivity index (χ4n) is 2.78. The van der Waals surface area contributed by atoms with Gasteiger partial charge in [0.05, 0.1) is 11.0 Å². The number of halogens is 1. The van der Waals surface area contributed by atoms with Crippen molar-refractivity contribution in [2.45, 2.75) is 44.6 Å². The molecule has 0 bridgehead atoms. The van der Waals surface area contributed by atoms with E-state index in [1.54, 1.807) is 0 Å². The summed E-state index contributed by atoms with van der Waals surface area (Å²) < 4.78 is 0. The van der Waals surface area contributed by atoms with Crippen molar-refractivity contribution in [1.82, 2.24) is 0 Å². The first-order valence-electron chi connectivity index (χ1n) is 4.72. The Kier molecular flexibility index (Phi) is 1.61. The predicted molar refractivity (Wildman–Crippen MR) is 50.3 cm³/mol. The van der Waals surface area contributed by atoms with Crippen LogP contribution in [-0.4, -0.2) is 16.1 Å². The minimum atomic E-state index is -0.628. The van der Waals surface area contributed by atoms with Gasteiger partial charge in [0.2, 0.25) is 0 Å². The van der Waals surface area contributed by atoms with Crippen LogP contribution in [0.4, 0.5) is 0 Å². The van der Waals surface area contributed by atoms with Gasteiger partial charge in [-0.2, -0.15) is 0 Å². The summed E-state index contributed by atoms with van der Waals surface area (Å²) in [6.07, 6.45) is 1.88. The van der Waals surface area contributed by atoms with E-state index in [2.05, 4.69) is 13.8 Å². The van der Waals surface area contributed by atoms with E-state index in [0.29, 0.717) is 11.3 Å². The maximum Gasteiger partial charge on any atom is 0.0785 e. The van der Waals surface area contributed by atoms with Crippen LogP contribution in [0.15, 0.2) is 0 Å². The van der Waals surface area contributed by atoms with Gasteiger partial charge in [0, 0.05) is 0 Å². The smallest absolute Gasteiger partial charge is 0.0785 e. The van der Waals surface area contributed by atoms with E-state index < -0.39 is 5.60 Å². The van der Waals surface area contributed by atoms with Crippen LogP contribution in [0.2, 0.25) is 0 Å². The lowest BCUT2D eigenvalue weighted by atomic mass is 9.86. The van der Waals surface area contributed by atoms with Crippen molar-refractivity contribution in [2.75, 3.05) is 0 Å². The zero-order valence-electron chi connectivity index (χ0n) is 7.97. The molecule has 2 aliphatic carbocycles. The van der Waals surface area contributed by atoms with Crippen LogP contribution in [0.5, 0.6) is 0 Å². The Morgan fingerprint density at radius 2 is 1.83 bits per heavy atom. The SMILES string of the molecule is CC1(C)C2C[C@@H](Cl)[C@](C)(O)CC21. The molecule has 0 spiro atoms. The van der Waals surface area contributed by atoms with Crippen LogP contribution < -0.4 is 0 Å². The Morgan fingerprint density at radius 3 is 2.33 bits per heavy atom. The van der Waals surface area contributed by atoms with Crippen LogP contribution >= 0.6 is 11.6 Å². The molecule has 2 unspecified atom stereocenters. The normalized spacial score (nSPS) is 56.2. The summed E-state index contributed by atoms with van der Waals surface area (Å²) in [4.78, 5) is 0. The highest BCUT2D eigenvalue weighted by atomic mass is 35.5. The van der Waals surface area contributed by atoms with Gasteiger partial charge in [0.1, 0.15) is 0 Å². The van der Waals surface area contributed by atoms with Crippen molar-refractivity contribution < 1.29 is 5.11 Å². The molecule has 0 aromatic heterocycles. The van der Waals surface area contributed by atoms with Gasteiger partial charge in [-0.3, -0.25) is 0 Å². The lowest BCUT2D eigenvalue weighted by molar-refractivity contribution is 0.0221. The van der Waals surface area contributed by atoms with Crippen molar-refractivity contribution in [3.05, 3.63) is 0 Å². The molecule has 0 aromatic carbocycles. The molecule has 70 valence electrons. The highest BCUT2D eigenvalue weighted by Gasteiger charge is 2.63. The second kappa shape index (κ2) is 2.19. The van der Waals surface area contributed by atoms with E-state index >= 15 is 0 Å². The molecule has 0 aromatic rings. The van der Waals surface area contributed by atoms with Gasteiger partial charge in [0.15, 0.2) is 0 Å². The third-order valence-electron chi connectivity index (χ3n) is 4.06. The Morgan fingerprint density at radius 1 is 1.25 bits per heavy atom. The summed E-state index contributed by atoms with van der Waals surface area (Å²) in [5.74, 6) is 1.47. The first-order valence-corrected chi connectivity index (χ1v) is 5.16. The molecular formula is C10H17ClO. The van der Waals surface area contributed by atoms with E-state index in [1.165, 1.54) is 0 Å².